The van der Waals surface area contributed by atoms with Crippen molar-refractivity contribution in [1.29, 1.82) is 0 Å². The number of carbonyl (C=O) groups is 2. The van der Waals surface area contributed by atoms with Gasteiger partial charge >= 0.3 is 5.97 Å². The van der Waals surface area contributed by atoms with Gasteiger partial charge < -0.3 is 14.8 Å². The fourth-order valence-corrected chi connectivity index (χ4v) is 2.07. The lowest BCUT2D eigenvalue weighted by molar-refractivity contribution is -0.145. The summed E-state index contributed by atoms with van der Waals surface area (Å²) >= 11 is 1.36. The first kappa shape index (κ1) is 17.4. The van der Waals surface area contributed by atoms with Crippen LogP contribution >= 0.6 is 11.8 Å². The summed E-state index contributed by atoms with van der Waals surface area (Å²) in [5.41, 5.74) is 0. The van der Waals surface area contributed by atoms with Gasteiger partial charge in [0, 0.05) is 11.4 Å². The largest absolute Gasteiger partial charge is 0.497 e. The molecule has 6 heteroatoms. The molecule has 0 heterocycles. The Kier molecular flexibility index (Phi) is 7.68. The molecule has 1 rings (SSSR count). The van der Waals surface area contributed by atoms with Crippen molar-refractivity contribution in [2.75, 3.05) is 26.0 Å². The molecule has 0 saturated carbocycles. The van der Waals surface area contributed by atoms with E-state index < -0.39 is 5.97 Å². The van der Waals surface area contributed by atoms with E-state index in [0.717, 1.165) is 10.6 Å². The van der Waals surface area contributed by atoms with Crippen LogP contribution in [0, 0.1) is 5.92 Å². The predicted molar refractivity (Wildman–Crippen MR) is 82.5 cm³/mol. The molecule has 1 N–H and O–H groups in total. The zero-order valence-electron chi connectivity index (χ0n) is 12.5. The molecule has 21 heavy (non-hydrogen) atoms. The SMILES string of the molecule is COc1ccc(SCC(=O)OCC(=O)NCC(C)C)cc1. The minimum absolute atomic E-state index is 0.170. The minimum atomic E-state index is -0.407. The summed E-state index contributed by atoms with van der Waals surface area (Å²) < 4.78 is 9.96. The quantitative estimate of drug-likeness (QED) is 0.588. The Morgan fingerprint density at radius 1 is 1.24 bits per heavy atom. The number of rotatable bonds is 8. The van der Waals surface area contributed by atoms with Crippen molar-refractivity contribution in [2.24, 2.45) is 5.92 Å². The Hall–Kier alpha value is -1.69. The van der Waals surface area contributed by atoms with Gasteiger partial charge in [0.05, 0.1) is 12.9 Å². The van der Waals surface area contributed by atoms with E-state index in [1.165, 1.54) is 11.8 Å². The third-order valence-corrected chi connectivity index (χ3v) is 3.47. The second kappa shape index (κ2) is 9.28. The number of nitrogens with one attached hydrogen (secondary N) is 1. The van der Waals surface area contributed by atoms with Gasteiger partial charge in [0.2, 0.25) is 0 Å². The monoisotopic (exact) mass is 311 g/mol. The van der Waals surface area contributed by atoms with Gasteiger partial charge in [-0.15, -0.1) is 11.8 Å². The van der Waals surface area contributed by atoms with Crippen LogP contribution in [-0.4, -0.2) is 37.9 Å². The van der Waals surface area contributed by atoms with E-state index in [1.807, 2.05) is 38.1 Å². The molecule has 1 aromatic rings. The lowest BCUT2D eigenvalue weighted by Crippen LogP contribution is -2.31. The Labute approximate surface area is 129 Å². The van der Waals surface area contributed by atoms with E-state index in [9.17, 15) is 9.59 Å². The maximum Gasteiger partial charge on any atom is 0.316 e. The molecule has 0 aliphatic carbocycles. The first-order valence-electron chi connectivity index (χ1n) is 6.70. The fourth-order valence-electron chi connectivity index (χ4n) is 1.37. The number of carbonyl (C=O) groups excluding carboxylic acids is 2. The first-order chi connectivity index (χ1) is 10.0. The van der Waals surface area contributed by atoms with Crippen LogP contribution in [0.2, 0.25) is 0 Å². The van der Waals surface area contributed by atoms with Crippen LogP contribution in [0.5, 0.6) is 5.75 Å². The summed E-state index contributed by atoms with van der Waals surface area (Å²) in [6, 6.07) is 7.39. The van der Waals surface area contributed by atoms with E-state index >= 15 is 0 Å². The summed E-state index contributed by atoms with van der Waals surface area (Å²) in [4.78, 5) is 23.9. The number of thioether (sulfide) groups is 1. The molecule has 0 bridgehead atoms. The van der Waals surface area contributed by atoms with Crippen LogP contribution in [-0.2, 0) is 14.3 Å². The molecular weight excluding hydrogens is 290 g/mol. The zero-order valence-corrected chi connectivity index (χ0v) is 13.4. The van der Waals surface area contributed by atoms with Crippen LogP contribution in [0.1, 0.15) is 13.8 Å². The number of benzene rings is 1. The van der Waals surface area contributed by atoms with Crippen molar-refractivity contribution in [2.45, 2.75) is 18.7 Å². The third kappa shape index (κ3) is 7.60. The van der Waals surface area contributed by atoms with E-state index in [4.69, 9.17) is 9.47 Å². The van der Waals surface area contributed by atoms with Gasteiger partial charge in [-0.05, 0) is 30.2 Å². The molecule has 0 spiro atoms. The standard InChI is InChI=1S/C15H21NO4S/c1-11(2)8-16-14(17)9-20-15(18)10-21-13-6-4-12(19-3)5-7-13/h4-7,11H,8-10H2,1-3H3,(H,16,17). The highest BCUT2D eigenvalue weighted by Gasteiger charge is 2.08. The van der Waals surface area contributed by atoms with E-state index in [0.29, 0.717) is 12.5 Å². The molecule has 0 saturated heterocycles. The van der Waals surface area contributed by atoms with Crippen molar-refractivity contribution < 1.29 is 19.1 Å². The summed E-state index contributed by atoms with van der Waals surface area (Å²) in [7, 11) is 1.60. The molecule has 1 aromatic carbocycles. The maximum absolute atomic E-state index is 11.5. The van der Waals surface area contributed by atoms with Crippen LogP contribution < -0.4 is 10.1 Å². The summed E-state index contributed by atoms with van der Waals surface area (Å²) in [6.07, 6.45) is 0. The molecule has 0 atom stereocenters. The van der Waals surface area contributed by atoms with Crippen molar-refractivity contribution in [3.05, 3.63) is 24.3 Å². The highest BCUT2D eigenvalue weighted by molar-refractivity contribution is 8.00. The average Bonchev–Trinajstić information content (AvgIpc) is 2.49. The summed E-state index contributed by atoms with van der Waals surface area (Å²) in [5.74, 6) is 0.630. The van der Waals surface area contributed by atoms with Gasteiger partial charge in [-0.2, -0.15) is 0 Å². The van der Waals surface area contributed by atoms with E-state index in [-0.39, 0.29) is 18.3 Å². The molecule has 0 aliphatic rings. The smallest absolute Gasteiger partial charge is 0.316 e. The number of methoxy groups -OCH3 is 1. The van der Waals surface area contributed by atoms with E-state index in [1.54, 1.807) is 7.11 Å². The lowest BCUT2D eigenvalue weighted by Gasteiger charge is -2.08. The normalized spacial score (nSPS) is 10.3. The number of amides is 1. The second-order valence-corrected chi connectivity index (χ2v) is 5.87. The second-order valence-electron chi connectivity index (χ2n) is 4.82. The van der Waals surface area contributed by atoms with E-state index in [2.05, 4.69) is 5.32 Å². The van der Waals surface area contributed by atoms with Crippen LogP contribution in [0.4, 0.5) is 0 Å². The van der Waals surface area contributed by atoms with Gasteiger partial charge in [0.25, 0.3) is 5.91 Å². The zero-order chi connectivity index (χ0) is 15.7. The van der Waals surface area contributed by atoms with Crippen LogP contribution in [0.25, 0.3) is 0 Å². The fraction of sp³-hybridized carbons (Fsp3) is 0.467. The third-order valence-electron chi connectivity index (χ3n) is 2.49. The minimum Gasteiger partial charge on any atom is -0.497 e. The predicted octanol–water partition coefficient (Wildman–Crippen LogP) is 2.10. The van der Waals surface area contributed by atoms with Crippen LogP contribution in [0.15, 0.2) is 29.2 Å². The molecule has 0 radical (unpaired) electrons. The molecule has 1 amide bonds. The average molecular weight is 311 g/mol. The van der Waals surface area contributed by atoms with Gasteiger partial charge in [-0.25, -0.2) is 0 Å². The number of ether oxygens (including phenoxy) is 2. The van der Waals surface area contributed by atoms with Crippen molar-refractivity contribution in [3.63, 3.8) is 0 Å². The molecule has 0 unspecified atom stereocenters. The van der Waals surface area contributed by atoms with Gasteiger partial charge in [-0.1, -0.05) is 13.8 Å². The lowest BCUT2D eigenvalue weighted by atomic mass is 10.2. The van der Waals surface area contributed by atoms with Crippen LogP contribution in [0.3, 0.4) is 0 Å². The summed E-state index contributed by atoms with van der Waals surface area (Å²) in [6.45, 7) is 4.35. The molecule has 0 aromatic heterocycles. The Morgan fingerprint density at radius 2 is 1.90 bits per heavy atom. The molecule has 0 fully saturated rings. The molecule has 0 aliphatic heterocycles. The Balaban J connectivity index is 2.22. The van der Waals surface area contributed by atoms with Crippen molar-refractivity contribution >= 4 is 23.6 Å². The topological polar surface area (TPSA) is 64.6 Å². The highest BCUT2D eigenvalue weighted by atomic mass is 32.2. The summed E-state index contributed by atoms with van der Waals surface area (Å²) in [5, 5.41) is 2.69. The highest BCUT2D eigenvalue weighted by Crippen LogP contribution is 2.21. The maximum atomic E-state index is 11.5. The van der Waals surface area contributed by atoms with Gasteiger partial charge in [0.1, 0.15) is 5.75 Å². The molecule has 116 valence electrons. The first-order valence-corrected chi connectivity index (χ1v) is 7.69. The number of hydrogen-bond acceptors (Lipinski definition) is 5. The molecular formula is C15H21NO4S. The van der Waals surface area contributed by atoms with Crippen molar-refractivity contribution in [3.8, 4) is 5.75 Å². The van der Waals surface area contributed by atoms with Gasteiger partial charge in [-0.3, -0.25) is 9.59 Å². The Bertz CT molecular complexity index is 459. The van der Waals surface area contributed by atoms with Gasteiger partial charge in [0.15, 0.2) is 6.61 Å². The number of hydrogen-bond donors (Lipinski definition) is 1. The Morgan fingerprint density at radius 3 is 2.48 bits per heavy atom. The molecule has 5 nitrogen and oxygen atoms in total. The number of esters is 1. The van der Waals surface area contributed by atoms with Crippen molar-refractivity contribution in [1.82, 2.24) is 5.32 Å².